The Bertz CT molecular complexity index is 2250. The molecule has 0 amide bonds. The molecule has 51 heavy (non-hydrogen) atoms. The van der Waals surface area contributed by atoms with Gasteiger partial charge in [0.15, 0.2) is 0 Å². The standard InChI is InChI=1S/C45H46N4O2/c1-43(2,3)30-16-10-27(11-17-30)39-33-22-23-35(46-33)40(28-12-18-31(19-13-28)44(4,5)6)37-26-38(49(50)51)42(48-37)41(36-25-24-34(39)47-36)29-14-20-32(21-15-29)45(7,8)9/h10-26,46,48H,1-9H3/p+1. The first kappa shape index (κ1) is 34.1. The molecular weight excluding hydrogens is 629 g/mol. The molecular formula is C45H47N4O2+. The molecule has 6 heteroatoms. The summed E-state index contributed by atoms with van der Waals surface area (Å²) in [6.07, 6.45) is 8.30. The van der Waals surface area contributed by atoms with E-state index in [-0.39, 0.29) is 26.9 Å². The monoisotopic (exact) mass is 675 g/mol. The average Bonchev–Trinajstić information content (AvgIpc) is 3.83. The van der Waals surface area contributed by atoms with E-state index in [9.17, 15) is 10.1 Å². The number of nitro groups is 1. The number of aromatic amines is 1. The van der Waals surface area contributed by atoms with Crippen LogP contribution in [0.2, 0.25) is 0 Å². The normalized spacial score (nSPS) is 16.1. The SMILES string of the molecule is CC(C)(C)c1ccc(C2=C3C=CC(=C(c4ccc(C(C)(C)C)cc4)c4cc([N+](=O)[O-])c([nH]4)C(c4ccc(C(C)(C)C)cc4)=C4C=CC2=N4)[NH2+]3)cc1. The molecule has 3 aliphatic heterocycles. The van der Waals surface area contributed by atoms with Gasteiger partial charge in [0.25, 0.3) is 5.69 Å². The number of aromatic nitrogens is 1. The first-order valence-electron chi connectivity index (χ1n) is 17.7. The van der Waals surface area contributed by atoms with Gasteiger partial charge >= 0.3 is 0 Å². The van der Waals surface area contributed by atoms with Crippen LogP contribution in [0.5, 0.6) is 0 Å². The fraction of sp³-hybridized carbons (Fsp3) is 0.267. The Hall–Kier alpha value is -5.33. The predicted octanol–water partition coefficient (Wildman–Crippen LogP) is 9.90. The van der Waals surface area contributed by atoms with Crippen molar-refractivity contribution >= 4 is 28.1 Å². The zero-order chi connectivity index (χ0) is 36.5. The third-order valence-corrected chi connectivity index (χ3v) is 10.1. The minimum absolute atomic E-state index is 0.00934. The summed E-state index contributed by atoms with van der Waals surface area (Å²) in [6, 6.07) is 27.4. The number of aliphatic imine (C=N–C) groups is 1. The lowest BCUT2D eigenvalue weighted by Gasteiger charge is -2.20. The number of rotatable bonds is 4. The number of nitrogens with one attached hydrogen (secondary N) is 1. The molecule has 0 unspecified atom stereocenters. The van der Waals surface area contributed by atoms with Crippen molar-refractivity contribution in [2.45, 2.75) is 78.6 Å². The van der Waals surface area contributed by atoms with Crippen LogP contribution in [0.3, 0.4) is 0 Å². The summed E-state index contributed by atoms with van der Waals surface area (Å²) in [7, 11) is 0. The average molecular weight is 676 g/mol. The van der Waals surface area contributed by atoms with E-state index in [1.165, 1.54) is 16.7 Å². The number of allylic oxidation sites excluding steroid dienone is 5. The van der Waals surface area contributed by atoms with E-state index in [4.69, 9.17) is 4.99 Å². The van der Waals surface area contributed by atoms with Crippen LogP contribution >= 0.6 is 0 Å². The maximum Gasteiger partial charge on any atom is 0.295 e. The number of fused-ring (bicyclic) bond motifs is 5. The predicted molar refractivity (Wildman–Crippen MR) is 209 cm³/mol. The van der Waals surface area contributed by atoms with Gasteiger partial charge < -0.3 is 4.98 Å². The molecule has 0 saturated carbocycles. The largest absolute Gasteiger partial charge is 0.348 e. The van der Waals surface area contributed by atoms with Gasteiger partial charge in [0.1, 0.15) is 17.1 Å². The van der Waals surface area contributed by atoms with Crippen LogP contribution in [0, 0.1) is 10.1 Å². The van der Waals surface area contributed by atoms with Crippen LogP contribution in [-0.4, -0.2) is 15.6 Å². The maximum absolute atomic E-state index is 12.9. The van der Waals surface area contributed by atoms with Crippen molar-refractivity contribution in [3.05, 3.63) is 175 Å². The second kappa shape index (κ2) is 12.2. The summed E-state index contributed by atoms with van der Waals surface area (Å²) in [6.45, 7) is 19.8. The molecule has 258 valence electrons. The van der Waals surface area contributed by atoms with E-state index < -0.39 is 0 Å². The molecule has 6 nitrogen and oxygen atoms in total. The summed E-state index contributed by atoms with van der Waals surface area (Å²) in [5.41, 5.74) is 13.9. The number of benzene rings is 3. The van der Waals surface area contributed by atoms with Crippen molar-refractivity contribution in [1.82, 2.24) is 4.98 Å². The fourth-order valence-corrected chi connectivity index (χ4v) is 7.08. The molecule has 3 N–H and O–H groups in total. The highest BCUT2D eigenvalue weighted by atomic mass is 16.6. The maximum atomic E-state index is 12.9. The number of H-pyrrole nitrogens is 1. The number of nitrogens with two attached hydrogens (primary N) is 1. The van der Waals surface area contributed by atoms with E-state index in [1.54, 1.807) is 6.07 Å². The van der Waals surface area contributed by atoms with Crippen LogP contribution in [0.4, 0.5) is 5.69 Å². The quantitative estimate of drug-likeness (QED) is 0.167. The van der Waals surface area contributed by atoms with Crippen LogP contribution in [0.15, 0.2) is 125 Å². The van der Waals surface area contributed by atoms with Crippen molar-refractivity contribution in [3.63, 3.8) is 0 Å². The summed E-state index contributed by atoms with van der Waals surface area (Å²) in [5.74, 6) is 0. The minimum Gasteiger partial charge on any atom is -0.348 e. The van der Waals surface area contributed by atoms with Gasteiger partial charge in [-0.1, -0.05) is 135 Å². The van der Waals surface area contributed by atoms with Crippen molar-refractivity contribution < 1.29 is 10.2 Å². The highest BCUT2D eigenvalue weighted by Gasteiger charge is 2.33. The highest BCUT2D eigenvalue weighted by molar-refractivity contribution is 6.31. The van der Waals surface area contributed by atoms with E-state index in [1.807, 2.05) is 12.2 Å². The lowest BCUT2D eigenvalue weighted by Crippen LogP contribution is -2.77. The lowest BCUT2D eigenvalue weighted by molar-refractivity contribution is -0.537. The number of nitrogens with zero attached hydrogens (tertiary/aromatic N) is 2. The van der Waals surface area contributed by atoms with E-state index in [0.29, 0.717) is 22.7 Å². The second-order valence-electron chi connectivity index (χ2n) is 16.9. The first-order valence-corrected chi connectivity index (χ1v) is 17.7. The van der Waals surface area contributed by atoms with Crippen LogP contribution in [0.1, 0.15) is 107 Å². The summed E-state index contributed by atoms with van der Waals surface area (Å²) >= 11 is 0. The lowest BCUT2D eigenvalue weighted by atomic mass is 9.85. The van der Waals surface area contributed by atoms with Crippen LogP contribution in [-0.2, 0) is 16.2 Å². The molecule has 3 aliphatic rings. The summed E-state index contributed by atoms with van der Waals surface area (Å²) in [4.78, 5) is 21.4. The Morgan fingerprint density at radius 2 is 1.02 bits per heavy atom. The minimum atomic E-state index is -0.284. The van der Waals surface area contributed by atoms with Gasteiger partial charge in [-0.15, -0.1) is 0 Å². The summed E-state index contributed by atoms with van der Waals surface area (Å²) < 4.78 is 0. The van der Waals surface area contributed by atoms with E-state index in [2.05, 4.69) is 158 Å². The van der Waals surface area contributed by atoms with Gasteiger partial charge in [0.2, 0.25) is 0 Å². The number of hydrogen-bond acceptors (Lipinski definition) is 3. The molecule has 0 spiro atoms. The molecule has 0 fully saturated rings. The molecule has 0 atom stereocenters. The number of quaternary nitrogens is 1. The molecule has 4 aromatic rings. The molecule has 1 aromatic heterocycles. The smallest absolute Gasteiger partial charge is 0.295 e. The number of hydrogen-bond donors (Lipinski definition) is 2. The van der Waals surface area contributed by atoms with Crippen molar-refractivity contribution in [2.75, 3.05) is 0 Å². The Labute approximate surface area is 301 Å². The topological polar surface area (TPSA) is 87.9 Å². The van der Waals surface area contributed by atoms with Crippen LogP contribution in [0.25, 0.3) is 16.7 Å². The van der Waals surface area contributed by atoms with Gasteiger partial charge in [-0.05, 0) is 61.8 Å². The van der Waals surface area contributed by atoms with Crippen molar-refractivity contribution in [2.24, 2.45) is 4.99 Å². The van der Waals surface area contributed by atoms with E-state index in [0.717, 1.165) is 44.9 Å². The molecule has 6 bridgehead atoms. The van der Waals surface area contributed by atoms with Crippen molar-refractivity contribution in [3.8, 4) is 0 Å². The van der Waals surface area contributed by atoms with E-state index >= 15 is 0 Å². The second-order valence-corrected chi connectivity index (χ2v) is 16.9. The third kappa shape index (κ3) is 6.41. The van der Waals surface area contributed by atoms with Gasteiger partial charge in [0.05, 0.1) is 33.2 Å². The molecule has 7 rings (SSSR count). The Balaban J connectivity index is 1.52. The van der Waals surface area contributed by atoms with Gasteiger partial charge in [-0.25, -0.2) is 4.99 Å². The van der Waals surface area contributed by atoms with Gasteiger partial charge in [0, 0.05) is 23.8 Å². The summed E-state index contributed by atoms with van der Waals surface area (Å²) in [5, 5.41) is 15.1. The van der Waals surface area contributed by atoms with Gasteiger partial charge in [-0.3, -0.25) is 15.4 Å². The molecule has 4 heterocycles. The van der Waals surface area contributed by atoms with Crippen molar-refractivity contribution in [1.29, 1.82) is 0 Å². The molecule has 0 radical (unpaired) electrons. The van der Waals surface area contributed by atoms with Gasteiger partial charge in [-0.2, -0.15) is 0 Å². The Morgan fingerprint density at radius 3 is 1.47 bits per heavy atom. The van der Waals surface area contributed by atoms with Crippen LogP contribution < -0.4 is 5.32 Å². The zero-order valence-electron chi connectivity index (χ0n) is 31.1. The zero-order valence-corrected chi connectivity index (χ0v) is 31.1. The third-order valence-electron chi connectivity index (χ3n) is 10.1. The molecule has 0 aliphatic carbocycles. The molecule has 3 aromatic carbocycles. The Kier molecular flexibility index (Phi) is 8.14. The fourth-order valence-electron chi connectivity index (χ4n) is 7.08. The first-order chi connectivity index (χ1) is 24.0. The highest BCUT2D eigenvalue weighted by Crippen LogP contribution is 2.41. The Morgan fingerprint density at radius 1 is 0.588 bits per heavy atom. The molecule has 0 saturated heterocycles.